The van der Waals surface area contributed by atoms with Crippen molar-refractivity contribution in [1.82, 2.24) is 19.9 Å². The number of pyridine rings is 1. The van der Waals surface area contributed by atoms with Crippen molar-refractivity contribution in [3.05, 3.63) is 102 Å². The number of hydrogen-bond donors (Lipinski definition) is 1. The van der Waals surface area contributed by atoms with Crippen LogP contribution in [0.5, 0.6) is 5.75 Å². The van der Waals surface area contributed by atoms with Crippen LogP contribution in [0, 0.1) is 0 Å². The average Bonchev–Trinajstić information content (AvgIpc) is 3.60. The van der Waals surface area contributed by atoms with E-state index >= 15 is 0 Å². The van der Waals surface area contributed by atoms with E-state index < -0.39 is 0 Å². The number of methoxy groups -OCH3 is 1. The zero-order valence-electron chi connectivity index (χ0n) is 18.6. The molecule has 1 fully saturated rings. The van der Waals surface area contributed by atoms with Crippen LogP contribution in [0.3, 0.4) is 0 Å². The summed E-state index contributed by atoms with van der Waals surface area (Å²) in [5.41, 5.74) is 3.79. The van der Waals surface area contributed by atoms with Gasteiger partial charge in [0.25, 0.3) is 0 Å². The van der Waals surface area contributed by atoms with E-state index in [0.29, 0.717) is 15.9 Å². The van der Waals surface area contributed by atoms with Crippen LogP contribution < -0.4 is 15.0 Å². The Morgan fingerprint density at radius 2 is 1.91 bits per heavy atom. The molecule has 0 radical (unpaired) electrons. The molecule has 35 heavy (non-hydrogen) atoms. The van der Waals surface area contributed by atoms with Gasteiger partial charge in [0.15, 0.2) is 10.2 Å². The van der Waals surface area contributed by atoms with Crippen LogP contribution in [-0.4, -0.2) is 26.8 Å². The van der Waals surface area contributed by atoms with Crippen LogP contribution in [0.4, 0.5) is 5.69 Å². The number of rotatable bonds is 5. The Bertz CT molecular complexity index is 1500. The third kappa shape index (κ3) is 3.83. The number of anilines is 1. The highest BCUT2D eigenvalue weighted by Crippen LogP contribution is 2.44. The van der Waals surface area contributed by atoms with E-state index in [-0.39, 0.29) is 12.1 Å². The molecule has 1 aliphatic rings. The molecular weight excluding hydrogens is 498 g/mol. The molecule has 1 saturated heterocycles. The quantitative estimate of drug-likeness (QED) is 0.275. The van der Waals surface area contributed by atoms with Crippen molar-refractivity contribution in [3.63, 3.8) is 0 Å². The average molecular weight is 518 g/mol. The summed E-state index contributed by atoms with van der Waals surface area (Å²) in [6.07, 6.45) is 3.85. The van der Waals surface area contributed by atoms with E-state index in [1.54, 1.807) is 24.6 Å². The molecule has 2 unspecified atom stereocenters. The summed E-state index contributed by atoms with van der Waals surface area (Å²) in [5.74, 6) is 0.615. The largest absolute Gasteiger partial charge is 0.495 e. The maximum Gasteiger partial charge on any atom is 0.194 e. The normalized spacial score (nSPS) is 17.7. The van der Waals surface area contributed by atoms with Gasteiger partial charge in [0.05, 0.1) is 39.8 Å². The number of para-hydroxylation sites is 1. The van der Waals surface area contributed by atoms with Crippen molar-refractivity contribution in [2.24, 2.45) is 0 Å². The van der Waals surface area contributed by atoms with E-state index in [1.165, 1.54) is 0 Å². The lowest BCUT2D eigenvalue weighted by atomic mass is 10.0. The first-order chi connectivity index (χ1) is 17.1. The predicted octanol–water partition coefficient (Wildman–Crippen LogP) is 6.32. The van der Waals surface area contributed by atoms with Crippen LogP contribution in [0.2, 0.25) is 5.02 Å². The number of benzene rings is 2. The van der Waals surface area contributed by atoms with E-state index in [2.05, 4.69) is 31.9 Å². The number of hydrogen-bond acceptors (Lipinski definition) is 5. The highest BCUT2D eigenvalue weighted by molar-refractivity contribution is 7.80. The van der Waals surface area contributed by atoms with Crippen molar-refractivity contribution in [2.75, 3.05) is 12.0 Å². The van der Waals surface area contributed by atoms with Gasteiger partial charge in [0.1, 0.15) is 11.8 Å². The van der Waals surface area contributed by atoms with Gasteiger partial charge in [-0.25, -0.2) is 4.98 Å². The monoisotopic (exact) mass is 517 g/mol. The zero-order chi connectivity index (χ0) is 23.9. The molecule has 6 nitrogen and oxygen atoms in total. The summed E-state index contributed by atoms with van der Waals surface area (Å²) < 4.78 is 8.64. The Morgan fingerprint density at radius 1 is 1.06 bits per heavy atom. The van der Waals surface area contributed by atoms with E-state index in [1.807, 2.05) is 66.9 Å². The highest BCUT2D eigenvalue weighted by atomic mass is 35.5. The maximum atomic E-state index is 6.51. The van der Waals surface area contributed by atoms with Gasteiger partial charge in [0, 0.05) is 18.1 Å². The predicted molar refractivity (Wildman–Crippen MR) is 145 cm³/mol. The molecule has 0 spiro atoms. The van der Waals surface area contributed by atoms with Crippen LogP contribution in [0.15, 0.2) is 85.2 Å². The van der Waals surface area contributed by atoms with Crippen LogP contribution in [0.1, 0.15) is 23.5 Å². The number of thiazole rings is 1. The van der Waals surface area contributed by atoms with Crippen molar-refractivity contribution in [2.45, 2.75) is 12.1 Å². The topological polar surface area (TPSA) is 55.2 Å². The molecule has 2 atom stereocenters. The smallest absolute Gasteiger partial charge is 0.194 e. The molecule has 0 saturated carbocycles. The van der Waals surface area contributed by atoms with E-state index in [9.17, 15) is 0 Å². The second-order valence-corrected chi connectivity index (χ2v) is 9.89. The second-order valence-electron chi connectivity index (χ2n) is 8.08. The number of nitrogens with one attached hydrogen (secondary N) is 1. The molecule has 9 heteroatoms. The van der Waals surface area contributed by atoms with Crippen molar-refractivity contribution >= 4 is 56.2 Å². The maximum absolute atomic E-state index is 6.51. The van der Waals surface area contributed by atoms with E-state index in [0.717, 1.165) is 32.4 Å². The molecule has 1 aliphatic heterocycles. The first-order valence-electron chi connectivity index (χ1n) is 11.0. The summed E-state index contributed by atoms with van der Waals surface area (Å²) in [6, 6.07) is 23.6. The van der Waals surface area contributed by atoms with Gasteiger partial charge < -0.3 is 15.0 Å². The molecule has 0 aliphatic carbocycles. The summed E-state index contributed by atoms with van der Waals surface area (Å²) >= 11 is 14.0. The third-order valence-electron chi connectivity index (χ3n) is 6.08. The number of ether oxygens (including phenoxy) is 1. The molecule has 0 amide bonds. The van der Waals surface area contributed by atoms with Crippen LogP contribution in [-0.2, 0) is 0 Å². The summed E-state index contributed by atoms with van der Waals surface area (Å²) in [5, 5.41) is 5.52. The second kappa shape index (κ2) is 8.96. The Hall–Kier alpha value is -3.46. The SMILES string of the molecule is COc1ccc(N2C(=S)NC(c3ccccn3)C2c2cccn2-c2nc3ccccc3s2)cc1Cl. The van der Waals surface area contributed by atoms with Crippen molar-refractivity contribution < 1.29 is 4.74 Å². The Balaban J connectivity index is 1.51. The first kappa shape index (κ1) is 22.0. The van der Waals surface area contributed by atoms with Gasteiger partial charge in [-0.3, -0.25) is 9.55 Å². The molecule has 6 rings (SSSR count). The number of fused-ring (bicyclic) bond motifs is 1. The first-order valence-corrected chi connectivity index (χ1v) is 12.6. The highest BCUT2D eigenvalue weighted by Gasteiger charge is 2.42. The zero-order valence-corrected chi connectivity index (χ0v) is 21.0. The number of halogens is 1. The standard InChI is InChI=1S/C26H20ClN5OS2/c1-33-21-12-11-16(15-17(21)27)32-24(23(30-25(32)34)19-8-4-5-13-28-19)20-9-6-14-31(20)26-29-18-7-2-3-10-22(18)35-26/h2-15,23-24H,1H3,(H,30,34). The van der Waals surface area contributed by atoms with Gasteiger partial charge in [-0.15, -0.1) is 0 Å². The van der Waals surface area contributed by atoms with Crippen LogP contribution >= 0.6 is 35.2 Å². The molecule has 4 heterocycles. The molecule has 5 aromatic rings. The number of aromatic nitrogens is 3. The summed E-state index contributed by atoms with van der Waals surface area (Å²) in [7, 11) is 1.60. The summed E-state index contributed by atoms with van der Waals surface area (Å²) in [4.78, 5) is 11.6. The van der Waals surface area contributed by atoms with Gasteiger partial charge in [-0.2, -0.15) is 0 Å². The minimum absolute atomic E-state index is 0.174. The van der Waals surface area contributed by atoms with Crippen LogP contribution in [0.25, 0.3) is 15.3 Å². The minimum atomic E-state index is -0.191. The molecular formula is C26H20ClN5OS2. The fourth-order valence-electron chi connectivity index (χ4n) is 4.51. The van der Waals surface area contributed by atoms with Gasteiger partial charge in [-0.05, 0) is 66.8 Å². The lowest BCUT2D eigenvalue weighted by Gasteiger charge is -2.28. The lowest BCUT2D eigenvalue weighted by molar-refractivity contribution is 0.415. The lowest BCUT2D eigenvalue weighted by Crippen LogP contribution is -2.30. The molecule has 1 N–H and O–H groups in total. The minimum Gasteiger partial charge on any atom is -0.495 e. The Morgan fingerprint density at radius 3 is 2.69 bits per heavy atom. The Labute approximate surface area is 216 Å². The molecule has 174 valence electrons. The van der Waals surface area contributed by atoms with Gasteiger partial charge in [0.2, 0.25) is 0 Å². The third-order valence-corrected chi connectivity index (χ3v) is 7.73. The molecule has 0 bridgehead atoms. The summed E-state index contributed by atoms with van der Waals surface area (Å²) in [6.45, 7) is 0. The number of nitrogens with zero attached hydrogens (tertiary/aromatic N) is 4. The van der Waals surface area contributed by atoms with Crippen molar-refractivity contribution in [1.29, 1.82) is 0 Å². The fourth-order valence-corrected chi connectivity index (χ4v) is 6.08. The number of thiocarbonyl (C=S) groups is 1. The molecule has 3 aromatic heterocycles. The molecule has 2 aromatic carbocycles. The Kier molecular flexibility index (Phi) is 5.64. The van der Waals surface area contributed by atoms with Gasteiger partial charge in [-0.1, -0.05) is 41.1 Å². The fraction of sp³-hybridized carbons (Fsp3) is 0.115. The van der Waals surface area contributed by atoms with Gasteiger partial charge >= 0.3 is 0 Å². The van der Waals surface area contributed by atoms with Crippen molar-refractivity contribution in [3.8, 4) is 10.9 Å². The van der Waals surface area contributed by atoms with E-state index in [4.69, 9.17) is 33.5 Å².